The summed E-state index contributed by atoms with van der Waals surface area (Å²) in [5.41, 5.74) is 0.0827. The number of esters is 1. The third-order valence-electron chi connectivity index (χ3n) is 5.77. The van der Waals surface area contributed by atoms with Crippen LogP contribution in [0.25, 0.3) is 5.76 Å². The van der Waals surface area contributed by atoms with Gasteiger partial charge in [-0.15, -0.1) is 0 Å². The molecule has 3 aromatic rings. The van der Waals surface area contributed by atoms with E-state index in [0.717, 1.165) is 16.2 Å². The molecule has 0 radical (unpaired) electrons. The van der Waals surface area contributed by atoms with E-state index in [0.29, 0.717) is 12.4 Å². The van der Waals surface area contributed by atoms with Crippen LogP contribution in [0.2, 0.25) is 0 Å². The van der Waals surface area contributed by atoms with Crippen LogP contribution in [-0.2, 0) is 14.3 Å². The zero-order chi connectivity index (χ0) is 28.3. The Hall–Kier alpha value is -4.84. The van der Waals surface area contributed by atoms with Gasteiger partial charge in [-0.25, -0.2) is 9.78 Å². The highest BCUT2D eigenvalue weighted by Crippen LogP contribution is 2.44. The molecule has 0 saturated carbocycles. The summed E-state index contributed by atoms with van der Waals surface area (Å²) in [7, 11) is 0. The molecular formula is C27H23N3O8S. The summed E-state index contributed by atoms with van der Waals surface area (Å²) < 4.78 is 10.6. The van der Waals surface area contributed by atoms with Crippen LogP contribution in [0.5, 0.6) is 5.75 Å². The van der Waals surface area contributed by atoms with Gasteiger partial charge < -0.3 is 14.6 Å². The summed E-state index contributed by atoms with van der Waals surface area (Å²) in [5, 5.41) is 22.8. The van der Waals surface area contributed by atoms with Crippen LogP contribution in [-0.4, -0.2) is 45.9 Å². The van der Waals surface area contributed by atoms with Gasteiger partial charge in [-0.2, -0.15) is 0 Å². The zero-order valence-electron chi connectivity index (χ0n) is 20.9. The van der Waals surface area contributed by atoms with Crippen molar-refractivity contribution in [3.05, 3.63) is 98.6 Å². The Morgan fingerprint density at radius 3 is 2.69 bits per heavy atom. The number of nitro benzene ring substituents is 1. The summed E-state index contributed by atoms with van der Waals surface area (Å²) in [4.78, 5) is 55.7. The summed E-state index contributed by atoms with van der Waals surface area (Å²) in [5.74, 6) is -2.79. The number of aliphatic hydroxyl groups excluding tert-OH is 1. The van der Waals surface area contributed by atoms with Gasteiger partial charge in [0.2, 0.25) is 0 Å². The molecule has 1 aliphatic rings. The van der Waals surface area contributed by atoms with Gasteiger partial charge in [-0.3, -0.25) is 24.6 Å². The van der Waals surface area contributed by atoms with Gasteiger partial charge in [0, 0.05) is 17.7 Å². The van der Waals surface area contributed by atoms with Gasteiger partial charge in [0.1, 0.15) is 23.0 Å². The predicted octanol–water partition coefficient (Wildman–Crippen LogP) is 4.73. The molecule has 11 nitrogen and oxygen atoms in total. The topological polar surface area (TPSA) is 149 Å². The Morgan fingerprint density at radius 2 is 2.00 bits per heavy atom. The molecule has 2 heterocycles. The minimum Gasteiger partial charge on any atom is -0.507 e. The minimum atomic E-state index is -1.27. The zero-order valence-corrected chi connectivity index (χ0v) is 21.8. The van der Waals surface area contributed by atoms with Crippen molar-refractivity contribution in [3.8, 4) is 5.75 Å². The number of benzene rings is 2. The van der Waals surface area contributed by atoms with Crippen LogP contribution in [0.3, 0.4) is 0 Å². The second-order valence-electron chi connectivity index (χ2n) is 8.28. The van der Waals surface area contributed by atoms with Gasteiger partial charge in [-0.1, -0.05) is 48.3 Å². The Morgan fingerprint density at radius 1 is 1.26 bits per heavy atom. The van der Waals surface area contributed by atoms with Gasteiger partial charge in [0.15, 0.2) is 5.13 Å². The lowest BCUT2D eigenvalue weighted by Gasteiger charge is -2.23. The summed E-state index contributed by atoms with van der Waals surface area (Å²) in [6, 6.07) is 10.5. The van der Waals surface area contributed by atoms with Crippen molar-refractivity contribution in [1.82, 2.24) is 4.98 Å². The number of non-ortho nitro benzene ring substituents is 1. The van der Waals surface area contributed by atoms with Crippen LogP contribution < -0.4 is 9.64 Å². The lowest BCUT2D eigenvalue weighted by atomic mass is 9.95. The largest absolute Gasteiger partial charge is 0.507 e. The molecule has 2 aromatic carbocycles. The van der Waals surface area contributed by atoms with Crippen LogP contribution in [0, 0.1) is 17.0 Å². The molecule has 39 heavy (non-hydrogen) atoms. The van der Waals surface area contributed by atoms with E-state index >= 15 is 0 Å². The summed E-state index contributed by atoms with van der Waals surface area (Å²) in [6.07, 6.45) is 1.40. The smallest absolute Gasteiger partial charge is 0.350 e. The molecule has 1 amide bonds. The minimum absolute atomic E-state index is 0.0150. The molecule has 4 rings (SSSR count). The number of aromatic nitrogens is 1. The third-order valence-corrected chi connectivity index (χ3v) is 6.91. The molecule has 1 fully saturated rings. The number of aliphatic hydroxyl groups is 1. The van der Waals surface area contributed by atoms with E-state index < -0.39 is 34.4 Å². The third kappa shape index (κ3) is 5.27. The molecule has 0 bridgehead atoms. The fraction of sp³-hybridized carbons (Fsp3) is 0.185. The Bertz CT molecular complexity index is 1530. The summed E-state index contributed by atoms with van der Waals surface area (Å²) in [6.45, 7) is 7.16. The van der Waals surface area contributed by atoms with E-state index in [4.69, 9.17) is 9.47 Å². The number of hydrogen-bond donors (Lipinski definition) is 1. The normalized spacial score (nSPS) is 16.3. The number of carbonyl (C=O) groups excluding carboxylic acids is 3. The monoisotopic (exact) mass is 549 g/mol. The SMILES string of the molecule is C=CCOC(=O)c1sc(N2C(=O)C(=O)/C(=C(/O)c3cccc(OCC)c3)C2c2cccc([N+](=O)[O-])c2)nc1C. The van der Waals surface area contributed by atoms with Crippen molar-refractivity contribution in [1.29, 1.82) is 0 Å². The second-order valence-corrected chi connectivity index (χ2v) is 9.26. The first-order valence-electron chi connectivity index (χ1n) is 11.7. The van der Waals surface area contributed by atoms with Crippen molar-refractivity contribution in [2.45, 2.75) is 19.9 Å². The predicted molar refractivity (Wildman–Crippen MR) is 143 cm³/mol. The molecule has 1 N–H and O–H groups in total. The van der Waals surface area contributed by atoms with Gasteiger partial charge in [0.05, 0.1) is 28.8 Å². The molecule has 1 atom stereocenters. The molecule has 200 valence electrons. The number of thiazole rings is 1. The van der Waals surface area contributed by atoms with Crippen LogP contribution in [0.4, 0.5) is 10.8 Å². The van der Waals surface area contributed by atoms with E-state index in [-0.39, 0.29) is 44.7 Å². The molecule has 1 aromatic heterocycles. The fourth-order valence-electron chi connectivity index (χ4n) is 4.08. The van der Waals surface area contributed by atoms with Crippen LogP contribution in [0.1, 0.15) is 39.5 Å². The Balaban J connectivity index is 1.91. The van der Waals surface area contributed by atoms with E-state index in [1.54, 1.807) is 26.0 Å². The number of aryl methyl sites for hydroxylation is 1. The Labute approximate surface area is 226 Å². The fourth-order valence-corrected chi connectivity index (χ4v) is 5.07. The highest BCUT2D eigenvalue weighted by Gasteiger charge is 2.48. The van der Waals surface area contributed by atoms with E-state index in [1.807, 2.05) is 0 Å². The molecular weight excluding hydrogens is 526 g/mol. The number of ketones is 1. The van der Waals surface area contributed by atoms with Crippen molar-refractivity contribution in [2.75, 3.05) is 18.1 Å². The van der Waals surface area contributed by atoms with Crippen molar-refractivity contribution in [2.24, 2.45) is 0 Å². The highest BCUT2D eigenvalue weighted by molar-refractivity contribution is 7.17. The van der Waals surface area contributed by atoms with Gasteiger partial charge in [-0.05, 0) is 31.5 Å². The average molecular weight is 550 g/mol. The maximum atomic E-state index is 13.4. The first-order valence-corrected chi connectivity index (χ1v) is 12.5. The van der Waals surface area contributed by atoms with Crippen molar-refractivity contribution in [3.63, 3.8) is 0 Å². The van der Waals surface area contributed by atoms with E-state index in [1.165, 1.54) is 42.5 Å². The van der Waals surface area contributed by atoms with Crippen LogP contribution >= 0.6 is 11.3 Å². The number of nitro groups is 1. The lowest BCUT2D eigenvalue weighted by Crippen LogP contribution is -2.29. The van der Waals surface area contributed by atoms with Gasteiger partial charge >= 0.3 is 11.9 Å². The number of Topliss-reactive ketones (excluding diaryl/α,β-unsaturated/α-hetero) is 1. The quantitative estimate of drug-likeness (QED) is 0.0760. The number of amides is 1. The number of nitrogens with zero attached hydrogens (tertiary/aromatic N) is 3. The molecule has 1 aliphatic heterocycles. The number of carbonyl (C=O) groups is 3. The first-order chi connectivity index (χ1) is 18.7. The maximum Gasteiger partial charge on any atom is 0.350 e. The average Bonchev–Trinajstić information content (AvgIpc) is 3.43. The second kappa shape index (κ2) is 11.3. The van der Waals surface area contributed by atoms with Crippen LogP contribution in [0.15, 0.2) is 66.8 Å². The first kappa shape index (κ1) is 27.2. The number of anilines is 1. The number of ether oxygens (including phenoxy) is 2. The van der Waals surface area contributed by atoms with Crippen molar-refractivity contribution >= 4 is 45.6 Å². The molecule has 12 heteroatoms. The molecule has 0 aliphatic carbocycles. The highest BCUT2D eigenvalue weighted by atomic mass is 32.1. The molecule has 0 spiro atoms. The molecule has 1 unspecified atom stereocenters. The summed E-state index contributed by atoms with van der Waals surface area (Å²) >= 11 is 0.823. The van der Waals surface area contributed by atoms with Gasteiger partial charge in [0.25, 0.3) is 11.5 Å². The number of rotatable bonds is 9. The molecule has 1 saturated heterocycles. The standard InChI is InChI=1S/C27H23N3O8S/c1-4-12-38-26(34)24-15(3)28-27(39-24)29-21(16-8-6-10-18(13-16)30(35)36)20(23(32)25(29)33)22(31)17-9-7-11-19(14-17)37-5-2/h4,6-11,13-14,21,31H,1,5,12H2,2-3H3/b22-20+. The van der Waals surface area contributed by atoms with Crippen molar-refractivity contribution < 1.29 is 33.9 Å². The van der Waals surface area contributed by atoms with E-state index in [9.17, 15) is 29.6 Å². The lowest BCUT2D eigenvalue weighted by molar-refractivity contribution is -0.384. The maximum absolute atomic E-state index is 13.4. The number of hydrogen-bond acceptors (Lipinski definition) is 10. The Kier molecular flexibility index (Phi) is 7.86. The van der Waals surface area contributed by atoms with E-state index in [2.05, 4.69) is 11.6 Å².